The lowest BCUT2D eigenvalue weighted by molar-refractivity contribution is -0.149. The second-order valence-corrected chi connectivity index (χ2v) is 7.24. The minimum atomic E-state index is -0.916. The third-order valence-corrected chi connectivity index (χ3v) is 5.82. The maximum absolute atomic E-state index is 12.7. The summed E-state index contributed by atoms with van der Waals surface area (Å²) in [6.07, 6.45) is 3.03. The molecular weight excluding hydrogens is 336 g/mol. The molecule has 0 aromatic heterocycles. The largest absolute Gasteiger partial charge is 0.482 e. The molecule has 1 N–H and O–H groups in total. The number of ether oxygens (including phenoxy) is 1. The molecule has 0 spiro atoms. The van der Waals surface area contributed by atoms with Crippen LogP contribution in [-0.2, 0) is 14.4 Å². The Bertz CT molecular complexity index is 749. The van der Waals surface area contributed by atoms with Gasteiger partial charge in [-0.15, -0.1) is 0 Å². The fourth-order valence-electron chi connectivity index (χ4n) is 4.63. The number of benzene rings is 1. The van der Waals surface area contributed by atoms with Gasteiger partial charge in [0.2, 0.25) is 5.91 Å². The number of carboxylic acids is 1. The number of nitrogens with zero attached hydrogens (tertiary/aromatic N) is 2. The Morgan fingerprint density at radius 3 is 2.85 bits per heavy atom. The Balaban J connectivity index is 1.46. The summed E-state index contributed by atoms with van der Waals surface area (Å²) in [6, 6.07) is 6.51. The van der Waals surface area contributed by atoms with Crippen LogP contribution in [0.25, 0.3) is 0 Å². The topological polar surface area (TPSA) is 87.2 Å². The van der Waals surface area contributed by atoms with Crippen molar-refractivity contribution in [1.82, 2.24) is 4.90 Å². The van der Waals surface area contributed by atoms with Crippen LogP contribution in [-0.4, -0.2) is 53.5 Å². The molecule has 2 heterocycles. The summed E-state index contributed by atoms with van der Waals surface area (Å²) in [5.74, 6) is -0.305. The van der Waals surface area contributed by atoms with Crippen LogP contribution >= 0.6 is 0 Å². The maximum Gasteiger partial charge on any atom is 0.326 e. The van der Waals surface area contributed by atoms with E-state index in [9.17, 15) is 19.5 Å². The van der Waals surface area contributed by atoms with E-state index >= 15 is 0 Å². The predicted octanol–water partition coefficient (Wildman–Crippen LogP) is 1.51. The number of hydrogen-bond acceptors (Lipinski definition) is 4. The number of rotatable bonds is 4. The molecule has 1 saturated heterocycles. The number of aliphatic carboxylic acids is 1. The van der Waals surface area contributed by atoms with Crippen LogP contribution in [0, 0.1) is 11.8 Å². The molecule has 7 heteroatoms. The van der Waals surface area contributed by atoms with Crippen molar-refractivity contribution in [3.05, 3.63) is 24.3 Å². The lowest BCUT2D eigenvalue weighted by Crippen LogP contribution is -2.45. The van der Waals surface area contributed by atoms with Crippen molar-refractivity contribution in [1.29, 1.82) is 0 Å². The highest BCUT2D eigenvalue weighted by Crippen LogP contribution is 2.42. The molecule has 2 aliphatic heterocycles. The van der Waals surface area contributed by atoms with Crippen molar-refractivity contribution < 1.29 is 24.2 Å². The maximum atomic E-state index is 12.7. The first-order valence-corrected chi connectivity index (χ1v) is 9.10. The third-order valence-electron chi connectivity index (χ3n) is 5.82. The average molecular weight is 358 g/mol. The smallest absolute Gasteiger partial charge is 0.326 e. The van der Waals surface area contributed by atoms with E-state index in [2.05, 4.69) is 0 Å². The lowest BCUT2D eigenvalue weighted by atomic mass is 9.94. The van der Waals surface area contributed by atoms with Gasteiger partial charge < -0.3 is 19.6 Å². The number of amides is 2. The minimum absolute atomic E-state index is 0.0448. The van der Waals surface area contributed by atoms with Gasteiger partial charge in [0, 0.05) is 19.5 Å². The van der Waals surface area contributed by atoms with Crippen LogP contribution < -0.4 is 9.64 Å². The Kier molecular flexibility index (Phi) is 4.30. The molecule has 1 aromatic carbocycles. The number of para-hydroxylation sites is 2. The molecule has 3 atom stereocenters. The second-order valence-electron chi connectivity index (χ2n) is 7.24. The Hall–Kier alpha value is -2.57. The van der Waals surface area contributed by atoms with Crippen LogP contribution in [0.1, 0.15) is 25.7 Å². The van der Waals surface area contributed by atoms with Crippen molar-refractivity contribution in [2.75, 3.05) is 24.6 Å². The fraction of sp³-hybridized carbons (Fsp3) is 0.526. The zero-order valence-electron chi connectivity index (χ0n) is 14.5. The zero-order valence-corrected chi connectivity index (χ0v) is 14.5. The molecule has 2 fully saturated rings. The van der Waals surface area contributed by atoms with Gasteiger partial charge in [0.1, 0.15) is 11.8 Å². The molecule has 4 rings (SSSR count). The van der Waals surface area contributed by atoms with Gasteiger partial charge in [-0.05, 0) is 36.8 Å². The van der Waals surface area contributed by atoms with Gasteiger partial charge in [0.25, 0.3) is 5.91 Å². The van der Waals surface area contributed by atoms with E-state index in [1.54, 1.807) is 17.0 Å². The van der Waals surface area contributed by atoms with E-state index in [0.717, 1.165) is 19.3 Å². The third kappa shape index (κ3) is 2.81. The Morgan fingerprint density at radius 2 is 2.04 bits per heavy atom. The molecule has 0 radical (unpaired) electrons. The predicted molar refractivity (Wildman–Crippen MR) is 92.9 cm³/mol. The van der Waals surface area contributed by atoms with Gasteiger partial charge in [-0.1, -0.05) is 18.6 Å². The van der Waals surface area contributed by atoms with Crippen LogP contribution in [0.2, 0.25) is 0 Å². The summed E-state index contributed by atoms with van der Waals surface area (Å²) in [4.78, 5) is 39.7. The molecule has 1 saturated carbocycles. The van der Waals surface area contributed by atoms with Crippen molar-refractivity contribution in [3.8, 4) is 5.75 Å². The van der Waals surface area contributed by atoms with Crippen molar-refractivity contribution in [2.24, 2.45) is 11.8 Å². The molecule has 7 nitrogen and oxygen atoms in total. The van der Waals surface area contributed by atoms with Gasteiger partial charge in [-0.2, -0.15) is 0 Å². The first kappa shape index (κ1) is 16.9. The van der Waals surface area contributed by atoms with Gasteiger partial charge in [-0.25, -0.2) is 4.79 Å². The molecule has 26 heavy (non-hydrogen) atoms. The molecule has 0 bridgehead atoms. The molecule has 1 aliphatic carbocycles. The first-order chi connectivity index (χ1) is 12.6. The van der Waals surface area contributed by atoms with Crippen molar-refractivity contribution in [3.63, 3.8) is 0 Å². The Labute approximate surface area is 151 Å². The first-order valence-electron chi connectivity index (χ1n) is 9.10. The highest BCUT2D eigenvalue weighted by atomic mass is 16.5. The number of hydrogen-bond donors (Lipinski definition) is 1. The van der Waals surface area contributed by atoms with E-state index in [1.807, 2.05) is 12.1 Å². The van der Waals surface area contributed by atoms with E-state index in [1.165, 1.54) is 4.90 Å². The molecule has 3 unspecified atom stereocenters. The standard InChI is InChI=1S/C19H22N2O5/c22-16(21-10-12-4-3-5-13(12)18(21)19(24)25)8-9-20-14-6-1-2-7-15(14)26-11-17(20)23/h1-2,6-7,12-13,18H,3-5,8-11H2,(H,24,25). The van der Waals surface area contributed by atoms with Gasteiger partial charge >= 0.3 is 5.97 Å². The van der Waals surface area contributed by atoms with Gasteiger partial charge in [0.05, 0.1) is 5.69 Å². The molecule has 138 valence electrons. The van der Waals surface area contributed by atoms with Crippen LogP contribution in [0.15, 0.2) is 24.3 Å². The van der Waals surface area contributed by atoms with E-state index in [-0.39, 0.29) is 37.3 Å². The summed E-state index contributed by atoms with van der Waals surface area (Å²) >= 11 is 0. The average Bonchev–Trinajstić information content (AvgIpc) is 3.21. The highest BCUT2D eigenvalue weighted by molar-refractivity contribution is 5.98. The highest BCUT2D eigenvalue weighted by Gasteiger charge is 2.49. The summed E-state index contributed by atoms with van der Waals surface area (Å²) in [6.45, 7) is 0.709. The molecule has 2 amide bonds. The van der Waals surface area contributed by atoms with Gasteiger partial charge in [-0.3, -0.25) is 9.59 Å². The number of carboxylic acid groups (broad SMARTS) is 1. The van der Waals surface area contributed by atoms with Crippen molar-refractivity contribution in [2.45, 2.75) is 31.7 Å². The quantitative estimate of drug-likeness (QED) is 0.882. The lowest BCUT2D eigenvalue weighted by Gasteiger charge is -2.30. The minimum Gasteiger partial charge on any atom is -0.482 e. The monoisotopic (exact) mass is 358 g/mol. The molecule has 1 aromatic rings. The number of anilines is 1. The van der Waals surface area contributed by atoms with Crippen LogP contribution in [0.4, 0.5) is 5.69 Å². The van der Waals surface area contributed by atoms with Crippen LogP contribution in [0.5, 0.6) is 5.75 Å². The summed E-state index contributed by atoms with van der Waals surface area (Å²) in [7, 11) is 0. The Morgan fingerprint density at radius 1 is 1.23 bits per heavy atom. The van der Waals surface area contributed by atoms with Crippen LogP contribution in [0.3, 0.4) is 0 Å². The second kappa shape index (κ2) is 6.63. The molecule has 3 aliphatic rings. The number of carbonyl (C=O) groups is 3. The fourth-order valence-corrected chi connectivity index (χ4v) is 4.63. The molecular formula is C19H22N2O5. The zero-order chi connectivity index (χ0) is 18.3. The summed E-state index contributed by atoms with van der Waals surface area (Å²) < 4.78 is 5.41. The van der Waals surface area contributed by atoms with Gasteiger partial charge in [0.15, 0.2) is 6.61 Å². The number of carbonyl (C=O) groups excluding carboxylic acids is 2. The summed E-state index contributed by atoms with van der Waals surface area (Å²) in [5.41, 5.74) is 0.657. The van der Waals surface area contributed by atoms with E-state index in [4.69, 9.17) is 4.74 Å². The van der Waals surface area contributed by atoms with E-state index < -0.39 is 12.0 Å². The number of fused-ring (bicyclic) bond motifs is 2. The number of likely N-dealkylation sites (tertiary alicyclic amines) is 1. The van der Waals surface area contributed by atoms with E-state index in [0.29, 0.717) is 23.9 Å². The normalized spacial score (nSPS) is 27.1. The van der Waals surface area contributed by atoms with Crippen molar-refractivity contribution >= 4 is 23.5 Å². The summed E-state index contributed by atoms with van der Waals surface area (Å²) in [5, 5.41) is 9.59. The SMILES string of the molecule is O=C(O)C1C2CCCC2CN1C(=O)CCN1C(=O)COc2ccccc21.